The molecule has 0 saturated carbocycles. The van der Waals surface area contributed by atoms with Gasteiger partial charge in [-0.2, -0.15) is 0 Å². The van der Waals surface area contributed by atoms with Crippen LogP contribution in [0.3, 0.4) is 0 Å². The second-order valence-corrected chi connectivity index (χ2v) is 3.36. The number of halogens is 1. The van der Waals surface area contributed by atoms with Gasteiger partial charge in [0, 0.05) is 19.6 Å². The third kappa shape index (κ3) is 3.58. The molecule has 1 aliphatic rings. The van der Waals surface area contributed by atoms with Crippen molar-refractivity contribution in [2.75, 3.05) is 19.6 Å². The van der Waals surface area contributed by atoms with Crippen LogP contribution in [0.25, 0.3) is 0 Å². The molecule has 0 spiro atoms. The molecule has 6 heteroatoms. The average Bonchev–Trinajstić information content (AvgIpc) is 2.19. The standard InChI is InChI=1S/C9H16N2O3.ClH/c1-2-11(9(13)14)8(12)10-6-4-3-5-7-10;/h2-7H2,1H3,(H,13,14);1H. The molecule has 1 rings (SSSR count). The van der Waals surface area contributed by atoms with Crippen molar-refractivity contribution in [1.82, 2.24) is 9.80 Å². The fourth-order valence-corrected chi connectivity index (χ4v) is 1.61. The summed E-state index contributed by atoms with van der Waals surface area (Å²) < 4.78 is 0. The van der Waals surface area contributed by atoms with Gasteiger partial charge >= 0.3 is 12.1 Å². The Morgan fingerprint density at radius 1 is 1.27 bits per heavy atom. The third-order valence-electron chi connectivity index (χ3n) is 2.40. The van der Waals surface area contributed by atoms with E-state index in [-0.39, 0.29) is 25.0 Å². The minimum Gasteiger partial charge on any atom is -0.465 e. The van der Waals surface area contributed by atoms with Gasteiger partial charge in [0.25, 0.3) is 0 Å². The van der Waals surface area contributed by atoms with E-state index < -0.39 is 6.09 Å². The first kappa shape index (κ1) is 14.0. The van der Waals surface area contributed by atoms with Gasteiger partial charge in [0.15, 0.2) is 0 Å². The lowest BCUT2D eigenvalue weighted by Crippen LogP contribution is -2.47. The molecular formula is C9H17ClN2O3. The zero-order chi connectivity index (χ0) is 10.6. The number of hydrogen-bond donors (Lipinski definition) is 1. The zero-order valence-corrected chi connectivity index (χ0v) is 9.63. The van der Waals surface area contributed by atoms with Crippen LogP contribution in [0.15, 0.2) is 0 Å². The van der Waals surface area contributed by atoms with Crippen LogP contribution >= 0.6 is 12.4 Å². The van der Waals surface area contributed by atoms with Crippen LogP contribution < -0.4 is 0 Å². The first-order valence-electron chi connectivity index (χ1n) is 4.96. The highest BCUT2D eigenvalue weighted by molar-refractivity contribution is 5.90. The number of likely N-dealkylation sites (tertiary alicyclic amines) is 1. The monoisotopic (exact) mass is 236 g/mol. The normalized spacial score (nSPS) is 15.4. The molecular weight excluding hydrogens is 220 g/mol. The highest BCUT2D eigenvalue weighted by atomic mass is 35.5. The van der Waals surface area contributed by atoms with E-state index in [0.717, 1.165) is 24.2 Å². The lowest BCUT2D eigenvalue weighted by Gasteiger charge is -2.30. The topological polar surface area (TPSA) is 60.9 Å². The smallest absolute Gasteiger partial charge is 0.415 e. The van der Waals surface area contributed by atoms with Crippen LogP contribution in [0, 0.1) is 0 Å². The first-order valence-corrected chi connectivity index (χ1v) is 4.96. The number of carbonyl (C=O) groups is 2. The van der Waals surface area contributed by atoms with Gasteiger partial charge in [-0.25, -0.2) is 14.5 Å². The zero-order valence-electron chi connectivity index (χ0n) is 8.81. The molecule has 88 valence electrons. The first-order chi connectivity index (χ1) is 6.66. The Hall–Kier alpha value is -0.970. The molecule has 5 nitrogen and oxygen atoms in total. The van der Waals surface area contributed by atoms with Gasteiger partial charge < -0.3 is 10.0 Å². The number of nitrogens with zero attached hydrogens (tertiary/aromatic N) is 2. The van der Waals surface area contributed by atoms with Crippen LogP contribution in [0.1, 0.15) is 26.2 Å². The van der Waals surface area contributed by atoms with E-state index >= 15 is 0 Å². The molecule has 0 aromatic carbocycles. The molecule has 0 aromatic rings. The summed E-state index contributed by atoms with van der Waals surface area (Å²) in [5.41, 5.74) is 0. The van der Waals surface area contributed by atoms with Crippen LogP contribution in [0.2, 0.25) is 0 Å². The van der Waals surface area contributed by atoms with Gasteiger partial charge in [-0.3, -0.25) is 0 Å². The van der Waals surface area contributed by atoms with Crippen LogP contribution in [-0.2, 0) is 0 Å². The van der Waals surface area contributed by atoms with E-state index in [1.165, 1.54) is 0 Å². The van der Waals surface area contributed by atoms with E-state index in [1.807, 2.05) is 0 Å². The summed E-state index contributed by atoms with van der Waals surface area (Å²) in [6, 6.07) is -0.375. The Labute approximate surface area is 95.4 Å². The summed E-state index contributed by atoms with van der Waals surface area (Å²) >= 11 is 0. The number of hydrogen-bond acceptors (Lipinski definition) is 2. The number of amides is 3. The minimum absolute atomic E-state index is 0. The van der Waals surface area contributed by atoms with Crippen molar-refractivity contribution in [2.24, 2.45) is 0 Å². The average molecular weight is 237 g/mol. The summed E-state index contributed by atoms with van der Waals surface area (Å²) in [5.74, 6) is 0. The largest absolute Gasteiger partial charge is 0.465 e. The predicted molar refractivity (Wildman–Crippen MR) is 58.5 cm³/mol. The molecule has 0 radical (unpaired) electrons. The SMILES string of the molecule is CCN(C(=O)O)C(=O)N1CCCCC1.Cl. The summed E-state index contributed by atoms with van der Waals surface area (Å²) in [4.78, 5) is 24.8. The van der Waals surface area contributed by atoms with Gasteiger partial charge in [0.05, 0.1) is 0 Å². The Kier molecular flexibility index (Phi) is 6.08. The Morgan fingerprint density at radius 3 is 2.20 bits per heavy atom. The van der Waals surface area contributed by atoms with Crippen LogP contribution in [0.4, 0.5) is 9.59 Å². The molecule has 1 N–H and O–H groups in total. The molecule has 1 heterocycles. The Balaban J connectivity index is 0.00000196. The molecule has 0 atom stereocenters. The summed E-state index contributed by atoms with van der Waals surface area (Å²) in [6.45, 7) is 3.24. The number of imide groups is 1. The number of urea groups is 1. The van der Waals surface area contributed by atoms with E-state index in [9.17, 15) is 9.59 Å². The quantitative estimate of drug-likeness (QED) is 0.758. The maximum absolute atomic E-state index is 11.6. The fraction of sp³-hybridized carbons (Fsp3) is 0.778. The van der Waals surface area contributed by atoms with E-state index in [2.05, 4.69) is 0 Å². The molecule has 15 heavy (non-hydrogen) atoms. The highest BCUT2D eigenvalue weighted by Gasteiger charge is 2.25. The second kappa shape index (κ2) is 6.50. The number of piperidine rings is 1. The number of rotatable bonds is 1. The van der Waals surface area contributed by atoms with Gasteiger partial charge in [0.1, 0.15) is 0 Å². The van der Waals surface area contributed by atoms with Crippen molar-refractivity contribution in [3.05, 3.63) is 0 Å². The van der Waals surface area contributed by atoms with Gasteiger partial charge in [-0.15, -0.1) is 12.4 Å². The fourth-order valence-electron chi connectivity index (χ4n) is 1.61. The summed E-state index contributed by atoms with van der Waals surface area (Å²) in [6.07, 6.45) is 1.91. The van der Waals surface area contributed by atoms with Gasteiger partial charge in [-0.1, -0.05) is 0 Å². The van der Waals surface area contributed by atoms with E-state index in [0.29, 0.717) is 13.1 Å². The Morgan fingerprint density at radius 2 is 1.80 bits per heavy atom. The van der Waals surface area contributed by atoms with Crippen molar-refractivity contribution in [1.29, 1.82) is 0 Å². The molecule has 1 aliphatic heterocycles. The molecule has 0 unspecified atom stereocenters. The number of carbonyl (C=O) groups excluding carboxylic acids is 1. The molecule has 0 aromatic heterocycles. The molecule has 0 aliphatic carbocycles. The van der Waals surface area contributed by atoms with Crippen molar-refractivity contribution in [2.45, 2.75) is 26.2 Å². The molecule has 1 saturated heterocycles. The van der Waals surface area contributed by atoms with Crippen LogP contribution in [0.5, 0.6) is 0 Å². The molecule has 3 amide bonds. The summed E-state index contributed by atoms with van der Waals surface area (Å²) in [7, 11) is 0. The lowest BCUT2D eigenvalue weighted by atomic mass is 10.1. The third-order valence-corrected chi connectivity index (χ3v) is 2.40. The minimum atomic E-state index is -1.16. The highest BCUT2D eigenvalue weighted by Crippen LogP contribution is 2.11. The van der Waals surface area contributed by atoms with Gasteiger partial charge in [-0.05, 0) is 26.2 Å². The maximum atomic E-state index is 11.6. The van der Waals surface area contributed by atoms with Crippen molar-refractivity contribution in [3.8, 4) is 0 Å². The van der Waals surface area contributed by atoms with E-state index in [1.54, 1.807) is 11.8 Å². The van der Waals surface area contributed by atoms with Crippen molar-refractivity contribution < 1.29 is 14.7 Å². The maximum Gasteiger partial charge on any atom is 0.415 e. The van der Waals surface area contributed by atoms with Crippen molar-refractivity contribution >= 4 is 24.5 Å². The van der Waals surface area contributed by atoms with Crippen molar-refractivity contribution in [3.63, 3.8) is 0 Å². The number of carboxylic acid groups (broad SMARTS) is 1. The summed E-state index contributed by atoms with van der Waals surface area (Å²) in [5, 5.41) is 8.75. The molecule has 1 fully saturated rings. The molecule has 0 bridgehead atoms. The van der Waals surface area contributed by atoms with Gasteiger partial charge in [0.2, 0.25) is 0 Å². The van der Waals surface area contributed by atoms with Crippen LogP contribution in [-0.4, -0.2) is 46.7 Å². The van der Waals surface area contributed by atoms with E-state index in [4.69, 9.17) is 5.11 Å². The lowest BCUT2D eigenvalue weighted by molar-refractivity contribution is 0.125. The Bertz CT molecular complexity index is 229. The predicted octanol–water partition coefficient (Wildman–Crippen LogP) is 2.01. The second-order valence-electron chi connectivity index (χ2n) is 3.36.